The van der Waals surface area contributed by atoms with Crippen LogP contribution in [0.5, 0.6) is 5.75 Å². The van der Waals surface area contributed by atoms with Crippen molar-refractivity contribution in [1.82, 2.24) is 0 Å². The van der Waals surface area contributed by atoms with E-state index in [1.54, 1.807) is 6.92 Å². The molecule has 7 nitrogen and oxygen atoms in total. The summed E-state index contributed by atoms with van der Waals surface area (Å²) < 4.78 is 33.2. The van der Waals surface area contributed by atoms with Crippen LogP contribution in [0.25, 0.3) is 11.1 Å². The van der Waals surface area contributed by atoms with Crippen molar-refractivity contribution in [2.45, 2.75) is 33.6 Å². The Morgan fingerprint density at radius 2 is 1.77 bits per heavy atom. The van der Waals surface area contributed by atoms with Gasteiger partial charge in [-0.15, -0.1) is 11.3 Å². The maximum absolute atomic E-state index is 12.7. The largest absolute Gasteiger partial charge is 0.494 e. The molecular formula is C21H27NO6S2. The van der Waals surface area contributed by atoms with Crippen LogP contribution >= 0.6 is 11.3 Å². The lowest BCUT2D eigenvalue weighted by Crippen LogP contribution is -2.15. The number of anilines is 1. The zero-order chi connectivity index (χ0) is 22.3. The van der Waals surface area contributed by atoms with Crippen molar-refractivity contribution >= 4 is 38.1 Å². The third-order valence-corrected chi connectivity index (χ3v) is 6.24. The molecule has 2 aromatic rings. The smallest absolute Gasteiger partial charge is 0.341 e. The Kier molecular flexibility index (Phi) is 8.43. The molecule has 2 rings (SSSR count). The predicted molar refractivity (Wildman–Crippen MR) is 119 cm³/mol. The number of rotatable bonds is 10. The van der Waals surface area contributed by atoms with Crippen LogP contribution in [0.3, 0.4) is 0 Å². The Morgan fingerprint density at radius 1 is 1.10 bits per heavy atom. The number of carbonyl (C=O) groups is 2. The fraction of sp³-hybridized carbons (Fsp3) is 0.429. The van der Waals surface area contributed by atoms with E-state index < -0.39 is 15.8 Å². The summed E-state index contributed by atoms with van der Waals surface area (Å²) in [7, 11) is -3.13. The molecule has 0 fully saturated rings. The summed E-state index contributed by atoms with van der Waals surface area (Å²) >= 11 is 1.29. The zero-order valence-corrected chi connectivity index (χ0v) is 19.2. The molecule has 0 saturated carbocycles. The first-order chi connectivity index (χ1) is 14.2. The van der Waals surface area contributed by atoms with E-state index in [-0.39, 0.29) is 31.1 Å². The Morgan fingerprint density at radius 3 is 2.33 bits per heavy atom. The second-order valence-electron chi connectivity index (χ2n) is 6.70. The third kappa shape index (κ3) is 6.56. The molecule has 1 aromatic heterocycles. The third-order valence-electron chi connectivity index (χ3n) is 4.19. The number of hydrogen-bond donors (Lipinski definition) is 1. The van der Waals surface area contributed by atoms with Crippen LogP contribution in [0, 0.1) is 6.92 Å². The van der Waals surface area contributed by atoms with Crippen molar-refractivity contribution < 1.29 is 27.5 Å². The van der Waals surface area contributed by atoms with Gasteiger partial charge in [0.05, 0.1) is 19.0 Å². The first-order valence-corrected chi connectivity index (χ1v) is 12.5. The van der Waals surface area contributed by atoms with Gasteiger partial charge < -0.3 is 14.8 Å². The van der Waals surface area contributed by atoms with E-state index >= 15 is 0 Å². The summed E-state index contributed by atoms with van der Waals surface area (Å²) in [5.74, 6) is -0.196. The molecule has 30 heavy (non-hydrogen) atoms. The van der Waals surface area contributed by atoms with E-state index in [1.807, 2.05) is 38.1 Å². The number of nitrogens with one attached hydrogen (secondary N) is 1. The second kappa shape index (κ2) is 10.6. The molecule has 0 radical (unpaired) electrons. The van der Waals surface area contributed by atoms with Crippen LogP contribution in [0.15, 0.2) is 24.3 Å². The van der Waals surface area contributed by atoms with E-state index in [4.69, 9.17) is 9.47 Å². The molecule has 1 heterocycles. The summed E-state index contributed by atoms with van der Waals surface area (Å²) in [5.41, 5.74) is 1.82. The van der Waals surface area contributed by atoms with Gasteiger partial charge in [0.15, 0.2) is 0 Å². The number of carbonyl (C=O) groups excluding carboxylic acids is 2. The molecular weight excluding hydrogens is 426 g/mol. The highest BCUT2D eigenvalue weighted by atomic mass is 32.2. The van der Waals surface area contributed by atoms with Gasteiger partial charge in [-0.05, 0) is 44.9 Å². The molecule has 9 heteroatoms. The van der Waals surface area contributed by atoms with Gasteiger partial charge in [-0.25, -0.2) is 13.2 Å². The number of sulfone groups is 1. The first kappa shape index (κ1) is 23.9. The van der Waals surface area contributed by atoms with Crippen molar-refractivity contribution in [2.24, 2.45) is 0 Å². The van der Waals surface area contributed by atoms with Crippen molar-refractivity contribution in [2.75, 3.05) is 30.5 Å². The summed E-state index contributed by atoms with van der Waals surface area (Å²) in [4.78, 5) is 25.9. The molecule has 0 bridgehead atoms. The highest BCUT2D eigenvalue weighted by molar-refractivity contribution is 7.90. The summed E-state index contributed by atoms with van der Waals surface area (Å²) in [5, 5.41) is 3.16. The predicted octanol–water partition coefficient (Wildman–Crippen LogP) is 4.06. The minimum Gasteiger partial charge on any atom is -0.494 e. The van der Waals surface area contributed by atoms with E-state index in [0.717, 1.165) is 22.4 Å². The van der Waals surface area contributed by atoms with Crippen LogP contribution in [-0.2, 0) is 19.4 Å². The van der Waals surface area contributed by atoms with Crippen LogP contribution in [0.1, 0.15) is 41.9 Å². The Labute approximate surface area is 181 Å². The normalized spacial score (nSPS) is 11.2. The maximum atomic E-state index is 12.7. The van der Waals surface area contributed by atoms with Crippen LogP contribution < -0.4 is 10.1 Å². The first-order valence-electron chi connectivity index (χ1n) is 9.67. The molecule has 0 aliphatic heterocycles. The van der Waals surface area contributed by atoms with Gasteiger partial charge in [0.1, 0.15) is 26.2 Å². The zero-order valence-electron chi connectivity index (χ0n) is 17.6. The standard InChI is InChI=1S/C21H27NO6S2/c1-5-27-16-11-9-15(10-12-16)18-14(3)29-20(19(18)21(24)28-6-2)22-17(23)8-7-13-30(4,25)26/h9-12H,5-8,13H2,1-4H3,(H,22,23). The molecule has 0 unspecified atom stereocenters. The number of esters is 1. The van der Waals surface area contributed by atoms with Crippen molar-refractivity contribution in [3.63, 3.8) is 0 Å². The van der Waals surface area contributed by atoms with Crippen molar-refractivity contribution in [3.05, 3.63) is 34.7 Å². The van der Waals surface area contributed by atoms with E-state index in [1.165, 1.54) is 11.3 Å². The van der Waals surface area contributed by atoms with Crippen LogP contribution in [0.4, 0.5) is 5.00 Å². The number of thiophene rings is 1. The van der Waals surface area contributed by atoms with Crippen LogP contribution in [0.2, 0.25) is 0 Å². The van der Waals surface area contributed by atoms with Crippen molar-refractivity contribution in [1.29, 1.82) is 0 Å². The number of hydrogen-bond acceptors (Lipinski definition) is 7. The van der Waals surface area contributed by atoms with Gasteiger partial charge in [-0.2, -0.15) is 0 Å². The lowest BCUT2D eigenvalue weighted by atomic mass is 10.0. The fourth-order valence-corrected chi connectivity index (χ4v) is 4.70. The Balaban J connectivity index is 2.33. The number of ether oxygens (including phenoxy) is 2. The lowest BCUT2D eigenvalue weighted by Gasteiger charge is -2.10. The molecule has 1 N–H and O–H groups in total. The second-order valence-corrected chi connectivity index (χ2v) is 10.2. The van der Waals surface area contributed by atoms with Gasteiger partial charge >= 0.3 is 5.97 Å². The van der Waals surface area contributed by atoms with Crippen molar-refractivity contribution in [3.8, 4) is 16.9 Å². The Bertz CT molecular complexity index is 993. The molecule has 1 aromatic carbocycles. The highest BCUT2D eigenvalue weighted by Gasteiger charge is 2.25. The minimum absolute atomic E-state index is 0.0463. The van der Waals surface area contributed by atoms with Gasteiger partial charge in [-0.3, -0.25) is 4.79 Å². The molecule has 0 aliphatic rings. The number of aryl methyl sites for hydroxylation is 1. The van der Waals surface area contributed by atoms with Gasteiger partial charge in [-0.1, -0.05) is 12.1 Å². The average molecular weight is 454 g/mol. The lowest BCUT2D eigenvalue weighted by molar-refractivity contribution is -0.116. The number of amides is 1. The topological polar surface area (TPSA) is 98.8 Å². The van der Waals surface area contributed by atoms with Gasteiger partial charge in [0.2, 0.25) is 5.91 Å². The average Bonchev–Trinajstić information content (AvgIpc) is 2.97. The van der Waals surface area contributed by atoms with Gasteiger partial charge in [0, 0.05) is 23.1 Å². The fourth-order valence-electron chi connectivity index (χ4n) is 2.95. The summed E-state index contributed by atoms with van der Waals surface area (Å²) in [6.45, 7) is 6.26. The molecule has 0 atom stereocenters. The van der Waals surface area contributed by atoms with E-state index in [0.29, 0.717) is 22.7 Å². The monoisotopic (exact) mass is 453 g/mol. The Hall–Kier alpha value is -2.39. The highest BCUT2D eigenvalue weighted by Crippen LogP contribution is 2.41. The van der Waals surface area contributed by atoms with E-state index in [9.17, 15) is 18.0 Å². The minimum atomic E-state index is -3.13. The van der Waals surface area contributed by atoms with Gasteiger partial charge in [0.25, 0.3) is 0 Å². The summed E-state index contributed by atoms with van der Waals surface area (Å²) in [6, 6.07) is 7.38. The molecule has 0 saturated heterocycles. The SMILES string of the molecule is CCOC(=O)c1c(NC(=O)CCCS(C)(=O)=O)sc(C)c1-c1ccc(OCC)cc1. The molecule has 0 spiro atoms. The van der Waals surface area contributed by atoms with Crippen LogP contribution in [-0.4, -0.2) is 45.5 Å². The number of benzene rings is 1. The molecule has 164 valence electrons. The maximum Gasteiger partial charge on any atom is 0.341 e. The molecule has 1 amide bonds. The summed E-state index contributed by atoms with van der Waals surface area (Å²) in [6.07, 6.45) is 1.40. The van der Waals surface area contributed by atoms with E-state index in [2.05, 4.69) is 5.32 Å². The molecule has 0 aliphatic carbocycles. The quantitative estimate of drug-likeness (QED) is 0.545.